The largest absolute Gasteiger partial charge is 0.503 e. The Morgan fingerprint density at radius 3 is 2.62 bits per heavy atom. The van der Waals surface area contributed by atoms with Gasteiger partial charge in [0.05, 0.1) is 11.6 Å². The number of phenolic OH excluding ortho intramolecular Hbond substituents is 1. The molecular weight excluding hydrogens is 334 g/mol. The summed E-state index contributed by atoms with van der Waals surface area (Å²) in [6, 6.07) is 5.94. The molecule has 4 nitrogen and oxygen atoms in total. The van der Waals surface area contributed by atoms with Crippen LogP contribution in [0.25, 0.3) is 0 Å². The number of benzene rings is 1. The molecular formula is C16H20BrNO3. The van der Waals surface area contributed by atoms with E-state index in [-0.39, 0.29) is 11.8 Å². The van der Waals surface area contributed by atoms with E-state index in [0.717, 1.165) is 22.6 Å². The number of ether oxygens (including phenoxy) is 1. The van der Waals surface area contributed by atoms with Crippen molar-refractivity contribution in [3.63, 3.8) is 0 Å². The predicted molar refractivity (Wildman–Crippen MR) is 85.8 cm³/mol. The van der Waals surface area contributed by atoms with Gasteiger partial charge in [-0.3, -0.25) is 0 Å². The molecule has 1 atom stereocenters. The highest BCUT2D eigenvalue weighted by Crippen LogP contribution is 2.35. The van der Waals surface area contributed by atoms with Crippen LogP contribution in [0.15, 0.2) is 27.1 Å². The van der Waals surface area contributed by atoms with Crippen molar-refractivity contribution in [2.24, 2.45) is 0 Å². The molecule has 0 radical (unpaired) electrons. The summed E-state index contributed by atoms with van der Waals surface area (Å²) in [5.74, 6) is 2.45. The predicted octanol–water partition coefficient (Wildman–Crippen LogP) is 4.22. The maximum absolute atomic E-state index is 9.81. The Morgan fingerprint density at radius 2 is 2.05 bits per heavy atom. The van der Waals surface area contributed by atoms with E-state index in [1.165, 1.54) is 0 Å². The quantitative estimate of drug-likeness (QED) is 0.844. The summed E-state index contributed by atoms with van der Waals surface area (Å²) in [6.07, 6.45) is 0. The molecule has 0 spiro atoms. The molecule has 0 bridgehead atoms. The summed E-state index contributed by atoms with van der Waals surface area (Å²) in [4.78, 5) is 0. The van der Waals surface area contributed by atoms with Gasteiger partial charge in [-0.1, -0.05) is 0 Å². The van der Waals surface area contributed by atoms with Gasteiger partial charge >= 0.3 is 0 Å². The smallest absolute Gasteiger partial charge is 0.172 e. The number of aromatic hydroxyl groups is 1. The van der Waals surface area contributed by atoms with Gasteiger partial charge in [-0.2, -0.15) is 0 Å². The third-order valence-electron chi connectivity index (χ3n) is 3.47. The minimum absolute atomic E-state index is 0.121. The lowest BCUT2D eigenvalue weighted by Crippen LogP contribution is -2.18. The fourth-order valence-electron chi connectivity index (χ4n) is 2.35. The Hall–Kier alpha value is -1.46. The van der Waals surface area contributed by atoms with Crippen molar-refractivity contribution in [2.45, 2.75) is 33.4 Å². The summed E-state index contributed by atoms with van der Waals surface area (Å²) >= 11 is 3.33. The fourth-order valence-corrected chi connectivity index (χ4v) is 2.84. The number of hydrogen-bond acceptors (Lipinski definition) is 4. The van der Waals surface area contributed by atoms with Gasteiger partial charge < -0.3 is 19.6 Å². The summed E-state index contributed by atoms with van der Waals surface area (Å²) in [5.41, 5.74) is 2.19. The number of methoxy groups -OCH3 is 1. The van der Waals surface area contributed by atoms with E-state index in [9.17, 15) is 5.11 Å². The lowest BCUT2D eigenvalue weighted by atomic mass is 10.1. The Morgan fingerprint density at radius 1 is 1.33 bits per heavy atom. The van der Waals surface area contributed by atoms with Crippen LogP contribution in [0.4, 0.5) is 0 Å². The van der Waals surface area contributed by atoms with Gasteiger partial charge in [0.25, 0.3) is 0 Å². The molecule has 2 aromatic rings. The van der Waals surface area contributed by atoms with Crippen molar-refractivity contribution in [1.82, 2.24) is 5.32 Å². The monoisotopic (exact) mass is 353 g/mol. The van der Waals surface area contributed by atoms with Crippen molar-refractivity contribution in [1.29, 1.82) is 0 Å². The third kappa shape index (κ3) is 3.60. The van der Waals surface area contributed by atoms with E-state index in [2.05, 4.69) is 34.2 Å². The van der Waals surface area contributed by atoms with Gasteiger partial charge in [0.1, 0.15) is 11.5 Å². The second kappa shape index (κ2) is 6.54. The lowest BCUT2D eigenvalue weighted by molar-refractivity contribution is 0.371. The molecule has 114 valence electrons. The molecule has 2 rings (SSSR count). The van der Waals surface area contributed by atoms with E-state index in [1.54, 1.807) is 7.11 Å². The average molecular weight is 354 g/mol. The highest BCUT2D eigenvalue weighted by molar-refractivity contribution is 9.10. The molecule has 0 fully saturated rings. The molecule has 0 saturated heterocycles. The van der Waals surface area contributed by atoms with E-state index < -0.39 is 0 Å². The van der Waals surface area contributed by atoms with E-state index >= 15 is 0 Å². The number of aryl methyl sites for hydroxylation is 2. The molecule has 5 heteroatoms. The van der Waals surface area contributed by atoms with Gasteiger partial charge in [-0.05, 0) is 60.5 Å². The van der Waals surface area contributed by atoms with Crippen LogP contribution in [0.2, 0.25) is 0 Å². The molecule has 0 aliphatic carbocycles. The Balaban J connectivity index is 2.09. The average Bonchev–Trinajstić information content (AvgIpc) is 2.78. The molecule has 0 saturated carbocycles. The maximum Gasteiger partial charge on any atom is 0.172 e. The molecule has 1 unspecified atom stereocenters. The second-order valence-corrected chi connectivity index (χ2v) is 5.95. The van der Waals surface area contributed by atoms with E-state index in [0.29, 0.717) is 16.8 Å². The zero-order chi connectivity index (χ0) is 15.6. The number of rotatable bonds is 5. The minimum Gasteiger partial charge on any atom is -0.503 e. The number of nitrogens with one attached hydrogen (secondary N) is 1. The minimum atomic E-state index is 0.121. The number of furan rings is 1. The zero-order valence-electron chi connectivity index (χ0n) is 12.7. The van der Waals surface area contributed by atoms with Gasteiger partial charge in [0.2, 0.25) is 0 Å². The maximum atomic E-state index is 9.81. The molecule has 1 aromatic carbocycles. The summed E-state index contributed by atoms with van der Waals surface area (Å²) < 4.78 is 11.3. The Kier molecular flexibility index (Phi) is 4.96. The first kappa shape index (κ1) is 15.9. The van der Waals surface area contributed by atoms with Gasteiger partial charge in [0, 0.05) is 18.2 Å². The zero-order valence-corrected chi connectivity index (χ0v) is 14.2. The third-order valence-corrected chi connectivity index (χ3v) is 4.07. The van der Waals surface area contributed by atoms with Crippen molar-refractivity contribution < 1.29 is 14.3 Å². The van der Waals surface area contributed by atoms with Crippen LogP contribution in [0.5, 0.6) is 11.5 Å². The van der Waals surface area contributed by atoms with Crippen molar-refractivity contribution in [3.8, 4) is 11.5 Å². The number of hydrogen-bond donors (Lipinski definition) is 2. The Labute approximate surface area is 133 Å². The highest BCUT2D eigenvalue weighted by Gasteiger charge is 2.13. The molecule has 0 aliphatic heterocycles. The van der Waals surface area contributed by atoms with Gasteiger partial charge in [0.15, 0.2) is 11.5 Å². The van der Waals surface area contributed by atoms with Crippen molar-refractivity contribution in [2.75, 3.05) is 7.11 Å². The van der Waals surface area contributed by atoms with E-state index in [1.807, 2.05) is 26.0 Å². The standard InChI is InChI=1S/C16H20BrNO3/c1-9-5-13(11(3)21-9)10(2)18-8-12-6-14(17)16(19)15(7-12)20-4/h5-7,10,18-19H,8H2,1-4H3. The van der Waals surface area contributed by atoms with E-state index in [4.69, 9.17) is 9.15 Å². The summed E-state index contributed by atoms with van der Waals surface area (Å²) in [7, 11) is 1.54. The van der Waals surface area contributed by atoms with Crippen LogP contribution < -0.4 is 10.1 Å². The van der Waals surface area contributed by atoms with Crippen LogP contribution in [0.1, 0.15) is 35.6 Å². The Bertz CT molecular complexity index is 637. The molecule has 2 N–H and O–H groups in total. The first-order chi connectivity index (χ1) is 9.92. The van der Waals surface area contributed by atoms with Crippen LogP contribution in [-0.2, 0) is 6.54 Å². The molecule has 1 heterocycles. The first-order valence-corrected chi connectivity index (χ1v) is 7.57. The van der Waals surface area contributed by atoms with Gasteiger partial charge in [-0.25, -0.2) is 0 Å². The van der Waals surface area contributed by atoms with Crippen LogP contribution in [0, 0.1) is 13.8 Å². The lowest BCUT2D eigenvalue weighted by Gasteiger charge is -2.14. The van der Waals surface area contributed by atoms with Gasteiger partial charge in [-0.15, -0.1) is 0 Å². The van der Waals surface area contributed by atoms with Crippen LogP contribution >= 0.6 is 15.9 Å². The molecule has 0 aliphatic rings. The van der Waals surface area contributed by atoms with Crippen molar-refractivity contribution in [3.05, 3.63) is 45.3 Å². The van der Waals surface area contributed by atoms with Crippen LogP contribution in [0.3, 0.4) is 0 Å². The highest BCUT2D eigenvalue weighted by atomic mass is 79.9. The fraction of sp³-hybridized carbons (Fsp3) is 0.375. The summed E-state index contributed by atoms with van der Waals surface area (Å²) in [5, 5.41) is 13.3. The SMILES string of the molecule is COc1cc(CNC(C)c2cc(C)oc2C)cc(Br)c1O. The first-order valence-electron chi connectivity index (χ1n) is 6.78. The molecule has 1 aromatic heterocycles. The normalized spacial score (nSPS) is 12.4. The van der Waals surface area contributed by atoms with Crippen molar-refractivity contribution >= 4 is 15.9 Å². The topological polar surface area (TPSA) is 54.6 Å². The second-order valence-electron chi connectivity index (χ2n) is 5.10. The molecule has 0 amide bonds. The van der Waals surface area contributed by atoms with Crippen LogP contribution in [-0.4, -0.2) is 12.2 Å². The molecule has 21 heavy (non-hydrogen) atoms. The number of phenols is 1. The summed E-state index contributed by atoms with van der Waals surface area (Å²) in [6.45, 7) is 6.69. The number of halogens is 1.